The summed E-state index contributed by atoms with van der Waals surface area (Å²) >= 11 is 1.41. The van der Waals surface area contributed by atoms with Crippen LogP contribution in [0.2, 0.25) is 0 Å². The summed E-state index contributed by atoms with van der Waals surface area (Å²) in [6, 6.07) is 17.8. The first-order valence-electron chi connectivity index (χ1n) is 11.8. The lowest BCUT2D eigenvalue weighted by molar-refractivity contribution is -0.113. The average Bonchev–Trinajstić information content (AvgIpc) is 3.43. The fraction of sp³-hybridized carbons (Fsp3) is 0.296. The summed E-state index contributed by atoms with van der Waals surface area (Å²) in [4.78, 5) is 20.0. The Morgan fingerprint density at radius 3 is 2.63 bits per heavy atom. The van der Waals surface area contributed by atoms with Crippen molar-refractivity contribution in [2.24, 2.45) is 4.99 Å². The third kappa shape index (κ3) is 5.18. The van der Waals surface area contributed by atoms with E-state index in [-0.39, 0.29) is 18.1 Å². The normalized spacial score (nSPS) is 21.5. The molecular formula is C27H28N4O3S. The molecule has 0 aliphatic carbocycles. The average molecular weight is 489 g/mol. The Balaban J connectivity index is 1.50. The van der Waals surface area contributed by atoms with Gasteiger partial charge in [0.1, 0.15) is 11.4 Å². The molecular weight excluding hydrogens is 460 g/mol. The molecule has 3 aromatic rings. The molecule has 7 nitrogen and oxygen atoms in total. The number of nitrogens with zero attached hydrogens (tertiary/aromatic N) is 4. The molecule has 2 atom stereocenters. The van der Waals surface area contributed by atoms with E-state index >= 15 is 0 Å². The zero-order valence-corrected chi connectivity index (χ0v) is 20.9. The summed E-state index contributed by atoms with van der Waals surface area (Å²) in [5.74, 6) is 0.559. The topological polar surface area (TPSA) is 68.9 Å². The number of para-hydroxylation sites is 1. The minimum Gasteiger partial charge on any atom is -0.494 e. The van der Waals surface area contributed by atoms with Crippen LogP contribution in [0.15, 0.2) is 70.7 Å². The minimum atomic E-state index is -0.224. The van der Waals surface area contributed by atoms with Gasteiger partial charge in [0.15, 0.2) is 5.17 Å². The number of aliphatic imine (C=N–C) groups is 1. The van der Waals surface area contributed by atoms with Crippen molar-refractivity contribution in [3.05, 3.63) is 71.3 Å². The fourth-order valence-electron chi connectivity index (χ4n) is 4.34. The van der Waals surface area contributed by atoms with E-state index in [1.807, 2.05) is 92.3 Å². The molecule has 0 spiro atoms. The molecule has 0 saturated carbocycles. The predicted octanol–water partition coefficient (Wildman–Crippen LogP) is 5.02. The number of morpholine rings is 1. The summed E-state index contributed by atoms with van der Waals surface area (Å²) in [7, 11) is 0. The second-order valence-corrected chi connectivity index (χ2v) is 9.66. The maximum Gasteiger partial charge on any atom is 0.286 e. The molecule has 2 aromatic carbocycles. The minimum absolute atomic E-state index is 0.0958. The van der Waals surface area contributed by atoms with Crippen LogP contribution in [0.5, 0.6) is 5.75 Å². The van der Waals surface area contributed by atoms with Gasteiger partial charge < -0.3 is 14.4 Å². The van der Waals surface area contributed by atoms with Gasteiger partial charge in [-0.05, 0) is 62.9 Å². The Bertz CT molecular complexity index is 1270. The highest BCUT2D eigenvalue weighted by Crippen LogP contribution is 2.34. The van der Waals surface area contributed by atoms with E-state index in [0.717, 1.165) is 46.5 Å². The molecule has 2 aliphatic heterocycles. The van der Waals surface area contributed by atoms with Crippen molar-refractivity contribution >= 4 is 28.9 Å². The van der Waals surface area contributed by atoms with Gasteiger partial charge in [0.2, 0.25) is 0 Å². The van der Waals surface area contributed by atoms with Crippen molar-refractivity contribution in [2.75, 3.05) is 19.7 Å². The molecule has 0 N–H and O–H groups in total. The lowest BCUT2D eigenvalue weighted by atomic mass is 10.1. The van der Waals surface area contributed by atoms with Crippen molar-refractivity contribution < 1.29 is 14.3 Å². The first kappa shape index (κ1) is 23.4. The van der Waals surface area contributed by atoms with Crippen LogP contribution in [-0.2, 0) is 9.53 Å². The van der Waals surface area contributed by atoms with Crippen molar-refractivity contribution in [3.8, 4) is 22.7 Å². The molecule has 1 amide bonds. The van der Waals surface area contributed by atoms with E-state index in [0.29, 0.717) is 11.5 Å². The van der Waals surface area contributed by atoms with Gasteiger partial charge in [0.25, 0.3) is 5.91 Å². The van der Waals surface area contributed by atoms with Crippen molar-refractivity contribution in [1.29, 1.82) is 0 Å². The Labute approximate surface area is 209 Å². The second-order valence-electron chi connectivity index (χ2n) is 8.65. The summed E-state index contributed by atoms with van der Waals surface area (Å²) < 4.78 is 13.4. The van der Waals surface area contributed by atoms with Crippen molar-refractivity contribution in [3.63, 3.8) is 0 Å². The van der Waals surface area contributed by atoms with E-state index < -0.39 is 0 Å². The summed E-state index contributed by atoms with van der Waals surface area (Å²) in [5, 5.41) is 5.61. The van der Waals surface area contributed by atoms with Crippen LogP contribution in [0.4, 0.5) is 0 Å². The van der Waals surface area contributed by atoms with E-state index in [2.05, 4.69) is 9.89 Å². The Morgan fingerprint density at radius 2 is 1.89 bits per heavy atom. The van der Waals surface area contributed by atoms with E-state index in [1.165, 1.54) is 11.8 Å². The first-order chi connectivity index (χ1) is 17.0. The SMILES string of the molecule is CCOc1cccc(-c2nn(-c3ccccc3)cc2/C=C2\SC(N3C[C@@H](C)O[C@H](C)C3)=NC2=O)c1. The molecule has 0 unspecified atom stereocenters. The standard InChI is InChI=1S/C27H28N4O3S/c1-4-33-23-12-8-9-20(13-23)25-21(17-31(29-25)22-10-6-5-7-11-22)14-24-26(32)28-27(35-24)30-15-18(2)34-19(3)16-30/h5-14,17-19H,4,15-16H2,1-3H3/b24-14-/t18-,19-/m1/s1. The molecule has 5 rings (SSSR count). The highest BCUT2D eigenvalue weighted by atomic mass is 32.2. The number of thioether (sulfide) groups is 1. The third-order valence-corrected chi connectivity index (χ3v) is 6.81. The van der Waals surface area contributed by atoms with Crippen LogP contribution < -0.4 is 4.74 Å². The first-order valence-corrected chi connectivity index (χ1v) is 12.6. The number of ether oxygens (including phenoxy) is 2. The van der Waals surface area contributed by atoms with Gasteiger partial charge >= 0.3 is 0 Å². The van der Waals surface area contributed by atoms with E-state index in [1.54, 1.807) is 0 Å². The van der Waals surface area contributed by atoms with Crippen LogP contribution >= 0.6 is 11.8 Å². The smallest absolute Gasteiger partial charge is 0.286 e. The molecule has 1 fully saturated rings. The van der Waals surface area contributed by atoms with Crippen LogP contribution in [0.25, 0.3) is 23.0 Å². The molecule has 180 valence electrons. The Kier molecular flexibility index (Phi) is 6.74. The number of carbonyl (C=O) groups excluding carboxylic acids is 1. The second kappa shape index (κ2) is 10.1. The maximum absolute atomic E-state index is 12.9. The van der Waals surface area contributed by atoms with E-state index in [4.69, 9.17) is 14.6 Å². The summed E-state index contributed by atoms with van der Waals surface area (Å²) in [6.07, 6.45) is 4.04. The molecule has 8 heteroatoms. The number of amidine groups is 1. The van der Waals surface area contributed by atoms with Gasteiger partial charge in [-0.25, -0.2) is 4.68 Å². The largest absolute Gasteiger partial charge is 0.494 e. The Hall–Kier alpha value is -3.36. The zero-order chi connectivity index (χ0) is 24.4. The highest BCUT2D eigenvalue weighted by Gasteiger charge is 2.31. The maximum atomic E-state index is 12.9. The molecule has 35 heavy (non-hydrogen) atoms. The van der Waals surface area contributed by atoms with Crippen molar-refractivity contribution in [2.45, 2.75) is 33.0 Å². The number of hydrogen-bond acceptors (Lipinski definition) is 6. The highest BCUT2D eigenvalue weighted by molar-refractivity contribution is 8.18. The van der Waals surface area contributed by atoms with Crippen LogP contribution in [0, 0.1) is 0 Å². The quantitative estimate of drug-likeness (QED) is 0.470. The number of hydrogen-bond donors (Lipinski definition) is 0. The van der Waals surface area contributed by atoms with Gasteiger partial charge in [0.05, 0.1) is 29.4 Å². The lowest BCUT2D eigenvalue weighted by Gasteiger charge is -2.35. The van der Waals surface area contributed by atoms with Crippen LogP contribution in [0.1, 0.15) is 26.3 Å². The molecule has 3 heterocycles. The number of carbonyl (C=O) groups is 1. The molecule has 1 saturated heterocycles. The number of benzene rings is 2. The third-order valence-electron chi connectivity index (χ3n) is 5.77. The number of aromatic nitrogens is 2. The monoisotopic (exact) mass is 488 g/mol. The van der Waals surface area contributed by atoms with Gasteiger partial charge in [0, 0.05) is 30.4 Å². The lowest BCUT2D eigenvalue weighted by Crippen LogP contribution is -2.47. The summed E-state index contributed by atoms with van der Waals surface area (Å²) in [5.41, 5.74) is 3.49. The van der Waals surface area contributed by atoms with Crippen LogP contribution in [-0.4, -0.2) is 57.7 Å². The van der Waals surface area contributed by atoms with Gasteiger partial charge in [-0.15, -0.1) is 0 Å². The molecule has 0 radical (unpaired) electrons. The number of rotatable bonds is 5. The van der Waals surface area contributed by atoms with Crippen LogP contribution in [0.3, 0.4) is 0 Å². The zero-order valence-electron chi connectivity index (χ0n) is 20.0. The molecule has 0 bridgehead atoms. The van der Waals surface area contributed by atoms with E-state index in [9.17, 15) is 4.79 Å². The molecule has 2 aliphatic rings. The van der Waals surface area contributed by atoms with Gasteiger partial charge in [-0.1, -0.05) is 30.3 Å². The van der Waals surface area contributed by atoms with Gasteiger partial charge in [-0.2, -0.15) is 10.1 Å². The van der Waals surface area contributed by atoms with Gasteiger partial charge in [-0.3, -0.25) is 4.79 Å². The predicted molar refractivity (Wildman–Crippen MR) is 140 cm³/mol. The Morgan fingerprint density at radius 1 is 1.11 bits per heavy atom. The fourth-order valence-corrected chi connectivity index (χ4v) is 5.26. The molecule has 1 aromatic heterocycles. The summed E-state index contributed by atoms with van der Waals surface area (Å²) in [6.45, 7) is 8.08. The number of amides is 1. The van der Waals surface area contributed by atoms with Crippen molar-refractivity contribution in [1.82, 2.24) is 14.7 Å².